The molecule has 0 radical (unpaired) electrons. The Hall–Kier alpha value is -4.25. The molecule has 0 fully saturated rings. The molecule has 0 heterocycles. The second kappa shape index (κ2) is 10.6. The van der Waals surface area contributed by atoms with Crippen LogP contribution in [0.1, 0.15) is 27.0 Å². The number of benzene rings is 4. The third-order valence-electron chi connectivity index (χ3n) is 5.85. The second-order valence-corrected chi connectivity index (χ2v) is 8.31. The highest BCUT2D eigenvalue weighted by atomic mass is 16.6. The van der Waals surface area contributed by atoms with Crippen LogP contribution in [0.25, 0.3) is 11.1 Å². The van der Waals surface area contributed by atoms with Crippen LogP contribution < -0.4 is 0 Å². The molecule has 0 bridgehead atoms. The number of nitro benzene ring substituents is 1. The lowest BCUT2D eigenvalue weighted by atomic mass is 9.96. The first-order valence-corrected chi connectivity index (χ1v) is 11.2. The highest BCUT2D eigenvalue weighted by Gasteiger charge is 2.17. The predicted octanol–water partition coefficient (Wildman–Crippen LogP) is 6.32. The molecular weight excluding hydrogens is 424 g/mol. The molecule has 0 aliphatic carbocycles. The van der Waals surface area contributed by atoms with Crippen LogP contribution in [-0.4, -0.2) is 22.8 Å². The Labute approximate surface area is 199 Å². The van der Waals surface area contributed by atoms with Crippen molar-refractivity contribution >= 4 is 11.6 Å². The molecular formula is C29H26N2O3. The Morgan fingerprint density at radius 1 is 0.765 bits per heavy atom. The van der Waals surface area contributed by atoms with Crippen LogP contribution >= 0.6 is 0 Å². The lowest BCUT2D eigenvalue weighted by Gasteiger charge is -2.18. The Kier molecular flexibility index (Phi) is 7.13. The quantitative estimate of drug-likeness (QED) is 0.233. The van der Waals surface area contributed by atoms with Crippen molar-refractivity contribution in [1.29, 1.82) is 0 Å². The van der Waals surface area contributed by atoms with Crippen LogP contribution in [0.3, 0.4) is 0 Å². The molecule has 4 aromatic rings. The number of nitro groups is 1. The number of hydrogen-bond donors (Lipinski definition) is 0. The van der Waals surface area contributed by atoms with Gasteiger partial charge < -0.3 is 4.90 Å². The maximum atomic E-state index is 13.0. The van der Waals surface area contributed by atoms with Crippen LogP contribution in [0, 0.1) is 10.1 Å². The van der Waals surface area contributed by atoms with Gasteiger partial charge in [-0.15, -0.1) is 0 Å². The molecule has 4 aromatic carbocycles. The number of carbonyl (C=O) groups excluding carboxylic acids is 1. The van der Waals surface area contributed by atoms with Crippen molar-refractivity contribution in [3.8, 4) is 11.1 Å². The van der Waals surface area contributed by atoms with Crippen LogP contribution in [0.5, 0.6) is 0 Å². The molecule has 0 saturated carbocycles. The summed E-state index contributed by atoms with van der Waals surface area (Å²) in [4.78, 5) is 26.0. The summed E-state index contributed by atoms with van der Waals surface area (Å²) in [6.45, 7) is 0.519. The van der Waals surface area contributed by atoms with Crippen molar-refractivity contribution in [2.75, 3.05) is 7.05 Å². The van der Waals surface area contributed by atoms with Gasteiger partial charge in [0, 0.05) is 30.8 Å². The summed E-state index contributed by atoms with van der Waals surface area (Å²) in [7, 11) is 1.79. The Balaban J connectivity index is 1.57. The first kappa shape index (κ1) is 22.9. The van der Waals surface area contributed by atoms with Crippen molar-refractivity contribution in [3.05, 3.63) is 135 Å². The van der Waals surface area contributed by atoms with E-state index >= 15 is 0 Å². The second-order valence-electron chi connectivity index (χ2n) is 8.31. The summed E-state index contributed by atoms with van der Waals surface area (Å²) in [5, 5.41) is 11.6. The number of amides is 1. The van der Waals surface area contributed by atoms with E-state index in [1.165, 1.54) is 0 Å². The highest BCUT2D eigenvalue weighted by Crippen LogP contribution is 2.28. The SMILES string of the molecule is CN(Cc1ccccc1)C(=O)c1cccc(-c2ccc([N+](=O)[O-])c(CCc3ccccc3)c2)c1. The number of nitrogens with zero attached hydrogens (tertiary/aromatic N) is 2. The minimum atomic E-state index is -0.331. The maximum absolute atomic E-state index is 13.0. The molecule has 0 unspecified atom stereocenters. The normalized spacial score (nSPS) is 10.6. The average Bonchev–Trinajstić information content (AvgIpc) is 2.88. The van der Waals surface area contributed by atoms with E-state index in [9.17, 15) is 14.9 Å². The standard InChI is InChI=1S/C29H26N2O3/c1-30(21-23-11-6-3-7-12-23)29(32)27-14-8-13-24(20-27)25-17-18-28(31(33)34)26(19-25)16-15-22-9-4-2-5-10-22/h2-14,17-20H,15-16,21H2,1H3. The van der Waals surface area contributed by atoms with E-state index < -0.39 is 0 Å². The molecule has 5 heteroatoms. The summed E-state index contributed by atoms with van der Waals surface area (Å²) in [6.07, 6.45) is 1.28. The molecule has 0 aromatic heterocycles. The molecule has 0 aliphatic rings. The highest BCUT2D eigenvalue weighted by molar-refractivity contribution is 5.95. The zero-order chi connectivity index (χ0) is 23.9. The zero-order valence-electron chi connectivity index (χ0n) is 19.1. The smallest absolute Gasteiger partial charge is 0.272 e. The van der Waals surface area contributed by atoms with Crippen LogP contribution in [0.15, 0.2) is 103 Å². The van der Waals surface area contributed by atoms with Gasteiger partial charge in [-0.05, 0) is 59.4 Å². The molecule has 34 heavy (non-hydrogen) atoms. The zero-order valence-corrected chi connectivity index (χ0v) is 19.1. The number of hydrogen-bond acceptors (Lipinski definition) is 3. The van der Waals surface area contributed by atoms with Gasteiger partial charge in [0.25, 0.3) is 11.6 Å². The fourth-order valence-electron chi connectivity index (χ4n) is 4.05. The number of carbonyl (C=O) groups is 1. The molecule has 0 aliphatic heterocycles. The predicted molar refractivity (Wildman–Crippen MR) is 135 cm³/mol. The lowest BCUT2D eigenvalue weighted by molar-refractivity contribution is -0.385. The lowest BCUT2D eigenvalue weighted by Crippen LogP contribution is -2.26. The van der Waals surface area contributed by atoms with E-state index in [4.69, 9.17) is 0 Å². The molecule has 0 saturated heterocycles. The minimum absolute atomic E-state index is 0.0723. The Bertz CT molecular complexity index is 1290. The van der Waals surface area contributed by atoms with Crippen LogP contribution in [0.4, 0.5) is 5.69 Å². The number of rotatable bonds is 8. The van der Waals surface area contributed by atoms with E-state index in [2.05, 4.69) is 0 Å². The minimum Gasteiger partial charge on any atom is -0.337 e. The summed E-state index contributed by atoms with van der Waals surface area (Å²) in [6, 6.07) is 32.4. The molecule has 170 valence electrons. The topological polar surface area (TPSA) is 63.5 Å². The van der Waals surface area contributed by atoms with Gasteiger partial charge in [-0.25, -0.2) is 0 Å². The van der Waals surface area contributed by atoms with Crippen molar-refractivity contribution in [1.82, 2.24) is 4.90 Å². The first-order chi connectivity index (χ1) is 16.5. The van der Waals surface area contributed by atoms with Gasteiger partial charge in [-0.2, -0.15) is 0 Å². The summed E-state index contributed by atoms with van der Waals surface area (Å²) < 4.78 is 0. The fraction of sp³-hybridized carbons (Fsp3) is 0.138. The summed E-state index contributed by atoms with van der Waals surface area (Å²) in [5.74, 6) is -0.0723. The first-order valence-electron chi connectivity index (χ1n) is 11.2. The van der Waals surface area contributed by atoms with Crippen molar-refractivity contribution in [2.24, 2.45) is 0 Å². The van der Waals surface area contributed by atoms with E-state index in [1.54, 1.807) is 30.1 Å². The van der Waals surface area contributed by atoms with Crippen molar-refractivity contribution in [2.45, 2.75) is 19.4 Å². The average molecular weight is 451 g/mol. The van der Waals surface area contributed by atoms with E-state index in [0.29, 0.717) is 30.5 Å². The van der Waals surface area contributed by atoms with Crippen LogP contribution in [-0.2, 0) is 19.4 Å². The molecule has 1 amide bonds. The molecule has 0 N–H and O–H groups in total. The van der Waals surface area contributed by atoms with Crippen LogP contribution in [0.2, 0.25) is 0 Å². The molecule has 0 spiro atoms. The monoisotopic (exact) mass is 450 g/mol. The Morgan fingerprint density at radius 3 is 2.09 bits per heavy atom. The van der Waals surface area contributed by atoms with Crippen molar-refractivity contribution in [3.63, 3.8) is 0 Å². The molecule has 5 nitrogen and oxygen atoms in total. The Morgan fingerprint density at radius 2 is 1.41 bits per heavy atom. The molecule has 0 atom stereocenters. The van der Waals surface area contributed by atoms with Gasteiger partial charge in [0.2, 0.25) is 0 Å². The van der Waals surface area contributed by atoms with Gasteiger partial charge >= 0.3 is 0 Å². The van der Waals surface area contributed by atoms with E-state index in [-0.39, 0.29) is 16.5 Å². The van der Waals surface area contributed by atoms with Gasteiger partial charge in [-0.3, -0.25) is 14.9 Å². The fourth-order valence-corrected chi connectivity index (χ4v) is 4.05. The maximum Gasteiger partial charge on any atom is 0.272 e. The largest absolute Gasteiger partial charge is 0.337 e. The van der Waals surface area contributed by atoms with Gasteiger partial charge in [-0.1, -0.05) is 72.8 Å². The van der Waals surface area contributed by atoms with Gasteiger partial charge in [0.05, 0.1) is 4.92 Å². The third kappa shape index (κ3) is 5.56. The summed E-state index contributed by atoms with van der Waals surface area (Å²) >= 11 is 0. The van der Waals surface area contributed by atoms with E-state index in [0.717, 1.165) is 22.3 Å². The molecule has 4 rings (SSSR count). The van der Waals surface area contributed by atoms with Gasteiger partial charge in [0.1, 0.15) is 0 Å². The number of aryl methyl sites for hydroxylation is 2. The third-order valence-corrected chi connectivity index (χ3v) is 5.85. The van der Waals surface area contributed by atoms with Gasteiger partial charge in [0.15, 0.2) is 0 Å². The van der Waals surface area contributed by atoms with Crippen molar-refractivity contribution < 1.29 is 9.72 Å². The summed E-state index contributed by atoms with van der Waals surface area (Å²) in [5.41, 5.74) is 5.30. The van der Waals surface area contributed by atoms with E-state index in [1.807, 2.05) is 84.9 Å².